The molecule has 1 aliphatic rings. The lowest BCUT2D eigenvalue weighted by molar-refractivity contribution is 0.0972. The molecule has 3 heteroatoms. The first kappa shape index (κ1) is 6.58. The van der Waals surface area contributed by atoms with Crippen molar-refractivity contribution in [1.29, 1.82) is 0 Å². The highest BCUT2D eigenvalue weighted by Gasteiger charge is 2.19. The lowest BCUT2D eigenvalue weighted by Gasteiger charge is -2.06. The van der Waals surface area contributed by atoms with Crippen molar-refractivity contribution in [2.45, 2.75) is 19.3 Å². The van der Waals surface area contributed by atoms with Gasteiger partial charge in [0.05, 0.1) is 11.3 Å². The zero-order chi connectivity index (χ0) is 7.84. The molecule has 1 aromatic heterocycles. The van der Waals surface area contributed by atoms with Crippen LogP contribution in [0.25, 0.3) is 0 Å². The molecule has 58 valence electrons. The summed E-state index contributed by atoms with van der Waals surface area (Å²) < 4.78 is 1.72. The quantitative estimate of drug-likeness (QED) is 0.551. The molecule has 0 N–H and O–H groups in total. The van der Waals surface area contributed by atoms with Crippen molar-refractivity contribution < 1.29 is 4.79 Å². The summed E-state index contributed by atoms with van der Waals surface area (Å²) in [6.07, 6.45) is 4.43. The summed E-state index contributed by atoms with van der Waals surface area (Å²) in [4.78, 5) is 11.2. The first-order valence-electron chi connectivity index (χ1n) is 3.83. The molecule has 1 aromatic rings. The Morgan fingerprint density at radius 1 is 1.55 bits per heavy atom. The van der Waals surface area contributed by atoms with Crippen molar-refractivity contribution in [2.24, 2.45) is 7.05 Å². The molecule has 0 bridgehead atoms. The number of hydrogen-bond donors (Lipinski definition) is 0. The van der Waals surface area contributed by atoms with Crippen LogP contribution in [0, 0.1) is 0 Å². The number of carbonyl (C=O) groups is 1. The van der Waals surface area contributed by atoms with E-state index in [0.717, 1.165) is 24.1 Å². The van der Waals surface area contributed by atoms with Crippen LogP contribution in [0.2, 0.25) is 0 Å². The van der Waals surface area contributed by atoms with Crippen molar-refractivity contribution in [3.63, 3.8) is 0 Å². The summed E-state index contributed by atoms with van der Waals surface area (Å²) in [7, 11) is 1.85. The Hall–Kier alpha value is -1.12. The number of rotatable bonds is 0. The van der Waals surface area contributed by atoms with E-state index in [1.54, 1.807) is 4.68 Å². The molecule has 0 fully saturated rings. The van der Waals surface area contributed by atoms with Gasteiger partial charge in [-0.3, -0.25) is 9.48 Å². The molecule has 11 heavy (non-hydrogen) atoms. The number of Topliss-reactive ketones (excluding diaryl/α,β-unsaturated/α-hetero) is 1. The van der Waals surface area contributed by atoms with Gasteiger partial charge in [-0.25, -0.2) is 0 Å². The van der Waals surface area contributed by atoms with Gasteiger partial charge in [-0.15, -0.1) is 0 Å². The molecule has 2 rings (SSSR count). The molecule has 0 aliphatic heterocycles. The Balaban J connectivity index is 2.52. The largest absolute Gasteiger partial charge is 0.294 e. The molecular formula is C8H10N2O. The standard InChI is InChI=1S/C8H10N2O/c1-10-5-6-7(9-10)3-2-4-8(6)11/h5H,2-4H2,1H3. The first-order valence-corrected chi connectivity index (χ1v) is 3.83. The van der Waals surface area contributed by atoms with Crippen LogP contribution in [-0.2, 0) is 13.5 Å². The molecule has 0 radical (unpaired) electrons. The molecule has 0 unspecified atom stereocenters. The maximum atomic E-state index is 11.2. The second kappa shape index (κ2) is 2.19. The van der Waals surface area contributed by atoms with Crippen LogP contribution in [0.4, 0.5) is 0 Å². The fourth-order valence-electron chi connectivity index (χ4n) is 1.50. The number of hydrogen-bond acceptors (Lipinski definition) is 2. The van der Waals surface area contributed by atoms with E-state index in [2.05, 4.69) is 5.10 Å². The Morgan fingerprint density at radius 3 is 3.09 bits per heavy atom. The van der Waals surface area contributed by atoms with Crippen LogP contribution in [0.1, 0.15) is 28.9 Å². The number of aromatic nitrogens is 2. The molecule has 0 saturated carbocycles. The minimum absolute atomic E-state index is 0.249. The maximum Gasteiger partial charge on any atom is 0.166 e. The molecule has 0 saturated heterocycles. The van der Waals surface area contributed by atoms with Gasteiger partial charge in [0.1, 0.15) is 0 Å². The van der Waals surface area contributed by atoms with Crippen molar-refractivity contribution in [1.82, 2.24) is 9.78 Å². The van der Waals surface area contributed by atoms with E-state index in [4.69, 9.17) is 0 Å². The van der Waals surface area contributed by atoms with Crippen LogP contribution in [0.3, 0.4) is 0 Å². The first-order chi connectivity index (χ1) is 5.27. The summed E-state index contributed by atoms with van der Waals surface area (Å²) in [6, 6.07) is 0. The average molecular weight is 150 g/mol. The summed E-state index contributed by atoms with van der Waals surface area (Å²) >= 11 is 0. The van der Waals surface area contributed by atoms with Gasteiger partial charge >= 0.3 is 0 Å². The van der Waals surface area contributed by atoms with Crippen molar-refractivity contribution >= 4 is 5.78 Å². The summed E-state index contributed by atoms with van der Waals surface area (Å²) in [5, 5.41) is 4.20. The van der Waals surface area contributed by atoms with Gasteiger partial charge in [0.15, 0.2) is 5.78 Å². The molecule has 3 nitrogen and oxygen atoms in total. The molecule has 0 atom stereocenters. The molecule has 0 amide bonds. The Kier molecular flexibility index (Phi) is 1.31. The lowest BCUT2D eigenvalue weighted by atomic mass is 9.97. The zero-order valence-electron chi connectivity index (χ0n) is 6.50. The average Bonchev–Trinajstić information content (AvgIpc) is 2.31. The van der Waals surface area contributed by atoms with Gasteiger partial charge in [-0.2, -0.15) is 5.10 Å². The lowest BCUT2D eigenvalue weighted by Crippen LogP contribution is -2.08. The Morgan fingerprint density at radius 2 is 2.36 bits per heavy atom. The van der Waals surface area contributed by atoms with E-state index in [1.165, 1.54) is 0 Å². The topological polar surface area (TPSA) is 34.9 Å². The Bertz CT molecular complexity index is 301. The van der Waals surface area contributed by atoms with Crippen LogP contribution < -0.4 is 0 Å². The second-order valence-electron chi connectivity index (χ2n) is 2.94. The third-order valence-corrected chi connectivity index (χ3v) is 2.02. The highest BCUT2D eigenvalue weighted by Crippen LogP contribution is 2.18. The zero-order valence-corrected chi connectivity index (χ0v) is 6.50. The fourth-order valence-corrected chi connectivity index (χ4v) is 1.50. The highest BCUT2D eigenvalue weighted by molar-refractivity contribution is 5.97. The smallest absolute Gasteiger partial charge is 0.166 e. The van der Waals surface area contributed by atoms with Crippen LogP contribution in [0.5, 0.6) is 0 Å². The highest BCUT2D eigenvalue weighted by atomic mass is 16.1. The summed E-state index contributed by atoms with van der Waals surface area (Å²) in [5.41, 5.74) is 1.81. The van der Waals surface area contributed by atoms with Gasteiger partial charge in [0.2, 0.25) is 0 Å². The molecule has 1 heterocycles. The normalized spacial score (nSPS) is 16.6. The van der Waals surface area contributed by atoms with E-state index in [9.17, 15) is 4.79 Å². The van der Waals surface area contributed by atoms with Crippen LogP contribution >= 0.6 is 0 Å². The third kappa shape index (κ3) is 0.964. The van der Waals surface area contributed by atoms with E-state index < -0.39 is 0 Å². The predicted molar refractivity (Wildman–Crippen MR) is 40.5 cm³/mol. The number of nitrogens with zero attached hydrogens (tertiary/aromatic N) is 2. The van der Waals surface area contributed by atoms with Crippen LogP contribution in [-0.4, -0.2) is 15.6 Å². The van der Waals surface area contributed by atoms with Gasteiger partial charge in [0.25, 0.3) is 0 Å². The third-order valence-electron chi connectivity index (χ3n) is 2.02. The SMILES string of the molecule is Cn1cc2c(n1)CCCC2=O. The number of aryl methyl sites for hydroxylation is 2. The number of fused-ring (bicyclic) bond motifs is 1. The second-order valence-corrected chi connectivity index (χ2v) is 2.94. The number of ketones is 1. The minimum Gasteiger partial charge on any atom is -0.294 e. The number of carbonyl (C=O) groups excluding carboxylic acids is 1. The molecule has 1 aliphatic carbocycles. The van der Waals surface area contributed by atoms with E-state index >= 15 is 0 Å². The minimum atomic E-state index is 0.249. The summed E-state index contributed by atoms with van der Waals surface area (Å²) in [6.45, 7) is 0. The monoisotopic (exact) mass is 150 g/mol. The maximum absolute atomic E-state index is 11.2. The predicted octanol–water partition coefficient (Wildman–Crippen LogP) is 0.939. The van der Waals surface area contributed by atoms with Gasteiger partial charge in [-0.1, -0.05) is 0 Å². The Labute approximate surface area is 65.0 Å². The summed E-state index contributed by atoms with van der Waals surface area (Å²) in [5.74, 6) is 0.249. The van der Waals surface area contributed by atoms with Gasteiger partial charge in [-0.05, 0) is 12.8 Å². The molecule has 0 spiro atoms. The van der Waals surface area contributed by atoms with E-state index in [-0.39, 0.29) is 5.78 Å². The fraction of sp³-hybridized carbons (Fsp3) is 0.500. The van der Waals surface area contributed by atoms with Gasteiger partial charge in [0, 0.05) is 19.7 Å². The van der Waals surface area contributed by atoms with Crippen LogP contribution in [0.15, 0.2) is 6.20 Å². The van der Waals surface area contributed by atoms with E-state index in [1.807, 2.05) is 13.2 Å². The molecule has 0 aromatic carbocycles. The van der Waals surface area contributed by atoms with E-state index in [0.29, 0.717) is 6.42 Å². The van der Waals surface area contributed by atoms with Crippen molar-refractivity contribution in [3.8, 4) is 0 Å². The van der Waals surface area contributed by atoms with Gasteiger partial charge < -0.3 is 0 Å². The molecular weight excluding hydrogens is 140 g/mol. The van der Waals surface area contributed by atoms with Crippen molar-refractivity contribution in [3.05, 3.63) is 17.5 Å². The van der Waals surface area contributed by atoms with Crippen molar-refractivity contribution in [2.75, 3.05) is 0 Å².